The fourth-order valence-electron chi connectivity index (χ4n) is 1.90. The topological polar surface area (TPSA) is 80.4 Å². The van der Waals surface area contributed by atoms with E-state index in [0.29, 0.717) is 23.5 Å². The molecule has 0 saturated heterocycles. The second kappa shape index (κ2) is 7.70. The molecule has 6 heteroatoms. The molecule has 0 atom stereocenters. The molecule has 1 aromatic carbocycles. The van der Waals surface area contributed by atoms with Crippen molar-refractivity contribution in [3.8, 4) is 12.1 Å². The first-order chi connectivity index (χ1) is 10.4. The van der Waals surface area contributed by atoms with Gasteiger partial charge in [0.05, 0.1) is 12.7 Å². The molecule has 0 radical (unpaired) electrons. The zero-order chi connectivity index (χ0) is 16.7. The number of methoxy groups -OCH3 is 1. The van der Waals surface area contributed by atoms with Crippen LogP contribution in [0.15, 0.2) is 35.7 Å². The third kappa shape index (κ3) is 4.00. The summed E-state index contributed by atoms with van der Waals surface area (Å²) in [5.41, 5.74) is 1.98. The molecule has 0 aliphatic rings. The maximum Gasteiger partial charge on any atom is 0.337 e. The molecule has 0 aromatic heterocycles. The number of ether oxygens (including phenoxy) is 1. The van der Waals surface area contributed by atoms with Crippen LogP contribution < -0.4 is 0 Å². The zero-order valence-electron chi connectivity index (χ0n) is 13.1. The highest BCUT2D eigenvalue weighted by molar-refractivity contribution is 5.89. The van der Waals surface area contributed by atoms with Gasteiger partial charge in [0.15, 0.2) is 5.70 Å². The summed E-state index contributed by atoms with van der Waals surface area (Å²) in [6.07, 6.45) is 0. The van der Waals surface area contributed by atoms with Crippen molar-refractivity contribution in [2.45, 2.75) is 6.54 Å². The zero-order valence-corrected chi connectivity index (χ0v) is 13.1. The number of esters is 1. The van der Waals surface area contributed by atoms with Crippen LogP contribution in [-0.4, -0.2) is 44.0 Å². The van der Waals surface area contributed by atoms with Gasteiger partial charge in [0, 0.05) is 27.7 Å². The van der Waals surface area contributed by atoms with Crippen LogP contribution in [0, 0.1) is 22.7 Å². The summed E-state index contributed by atoms with van der Waals surface area (Å²) in [5, 5.41) is 18.4. The van der Waals surface area contributed by atoms with Crippen molar-refractivity contribution < 1.29 is 9.53 Å². The first-order valence-corrected chi connectivity index (χ1v) is 6.54. The first-order valence-electron chi connectivity index (χ1n) is 6.54. The molecule has 0 spiro atoms. The first kappa shape index (κ1) is 17.1. The maximum atomic E-state index is 11.4. The maximum absolute atomic E-state index is 11.4. The van der Waals surface area contributed by atoms with Gasteiger partial charge in [-0.3, -0.25) is 0 Å². The minimum Gasteiger partial charge on any atom is -0.465 e. The predicted octanol–water partition coefficient (Wildman–Crippen LogP) is 1.73. The molecule has 0 heterocycles. The number of benzene rings is 1. The van der Waals surface area contributed by atoms with E-state index in [0.717, 1.165) is 5.56 Å². The van der Waals surface area contributed by atoms with Crippen LogP contribution in [-0.2, 0) is 11.3 Å². The van der Waals surface area contributed by atoms with E-state index in [4.69, 9.17) is 5.26 Å². The Hall–Kier alpha value is -2.99. The molecule has 0 unspecified atom stereocenters. The highest BCUT2D eigenvalue weighted by atomic mass is 16.5. The molecule has 1 rings (SSSR count). The monoisotopic (exact) mass is 298 g/mol. The summed E-state index contributed by atoms with van der Waals surface area (Å²) < 4.78 is 4.64. The molecular formula is C16H18N4O2. The van der Waals surface area contributed by atoms with E-state index < -0.39 is 5.97 Å². The van der Waals surface area contributed by atoms with Gasteiger partial charge in [0.1, 0.15) is 17.8 Å². The molecule has 114 valence electrons. The molecule has 0 fully saturated rings. The van der Waals surface area contributed by atoms with E-state index in [9.17, 15) is 10.1 Å². The summed E-state index contributed by atoms with van der Waals surface area (Å²) in [6, 6.07) is 11.0. The molecular weight excluding hydrogens is 280 g/mol. The number of nitriles is 2. The van der Waals surface area contributed by atoms with Crippen molar-refractivity contribution in [3.63, 3.8) is 0 Å². The number of carbonyl (C=O) groups is 1. The third-order valence-corrected chi connectivity index (χ3v) is 3.06. The standard InChI is InChI=1S/C16H18N4O2/c1-19(2)14(9-17)15(10-18)20(3)11-12-5-7-13(8-6-12)16(21)22-4/h5-8H,11H2,1-4H3/b15-14-. The van der Waals surface area contributed by atoms with Crippen molar-refractivity contribution in [1.82, 2.24) is 9.80 Å². The number of hydrogen-bond donors (Lipinski definition) is 0. The second-order valence-corrected chi connectivity index (χ2v) is 4.86. The minimum absolute atomic E-state index is 0.296. The number of rotatable bonds is 5. The van der Waals surface area contributed by atoms with E-state index in [2.05, 4.69) is 10.8 Å². The van der Waals surface area contributed by atoms with Gasteiger partial charge < -0.3 is 14.5 Å². The third-order valence-electron chi connectivity index (χ3n) is 3.06. The highest BCUT2D eigenvalue weighted by Crippen LogP contribution is 2.14. The molecule has 0 N–H and O–H groups in total. The van der Waals surface area contributed by atoms with Gasteiger partial charge in [-0.25, -0.2) is 4.79 Å². The van der Waals surface area contributed by atoms with E-state index in [1.54, 1.807) is 55.2 Å². The Kier molecular flexibility index (Phi) is 5.97. The number of nitrogens with zero attached hydrogens (tertiary/aromatic N) is 4. The average molecular weight is 298 g/mol. The largest absolute Gasteiger partial charge is 0.465 e. The summed E-state index contributed by atoms with van der Waals surface area (Å²) in [6.45, 7) is 0.448. The number of hydrogen-bond acceptors (Lipinski definition) is 6. The predicted molar refractivity (Wildman–Crippen MR) is 81.2 cm³/mol. The molecule has 0 amide bonds. The van der Waals surface area contributed by atoms with Gasteiger partial charge >= 0.3 is 5.97 Å². The lowest BCUT2D eigenvalue weighted by Crippen LogP contribution is -2.22. The van der Waals surface area contributed by atoms with Crippen LogP contribution in [0.3, 0.4) is 0 Å². The lowest BCUT2D eigenvalue weighted by Gasteiger charge is -2.22. The molecule has 6 nitrogen and oxygen atoms in total. The summed E-state index contributed by atoms with van der Waals surface area (Å²) in [4.78, 5) is 14.7. The lowest BCUT2D eigenvalue weighted by atomic mass is 10.1. The van der Waals surface area contributed by atoms with Gasteiger partial charge in [-0.1, -0.05) is 12.1 Å². The van der Waals surface area contributed by atoms with E-state index in [-0.39, 0.29) is 0 Å². The van der Waals surface area contributed by atoms with Crippen molar-refractivity contribution in [1.29, 1.82) is 10.5 Å². The Morgan fingerprint density at radius 3 is 2.05 bits per heavy atom. The number of carbonyl (C=O) groups excluding carboxylic acids is 1. The Labute approximate surface area is 130 Å². The van der Waals surface area contributed by atoms with Gasteiger partial charge in [0.25, 0.3) is 0 Å². The lowest BCUT2D eigenvalue weighted by molar-refractivity contribution is 0.0600. The molecule has 22 heavy (non-hydrogen) atoms. The van der Waals surface area contributed by atoms with Crippen molar-refractivity contribution in [3.05, 3.63) is 46.8 Å². The normalized spacial score (nSPS) is 10.8. The van der Waals surface area contributed by atoms with Crippen molar-refractivity contribution in [2.75, 3.05) is 28.3 Å². The van der Waals surface area contributed by atoms with E-state index in [1.165, 1.54) is 7.11 Å². The fourth-order valence-corrected chi connectivity index (χ4v) is 1.90. The summed E-state index contributed by atoms with van der Waals surface area (Å²) in [7, 11) is 6.51. The van der Waals surface area contributed by atoms with Crippen LogP contribution >= 0.6 is 0 Å². The molecule has 0 saturated carbocycles. The van der Waals surface area contributed by atoms with Gasteiger partial charge in [-0.2, -0.15) is 10.5 Å². The minimum atomic E-state index is -0.392. The quantitative estimate of drug-likeness (QED) is 0.608. The van der Waals surface area contributed by atoms with E-state index in [1.807, 2.05) is 6.07 Å². The Morgan fingerprint density at radius 1 is 1.09 bits per heavy atom. The molecule has 0 aliphatic carbocycles. The van der Waals surface area contributed by atoms with Gasteiger partial charge in [-0.15, -0.1) is 0 Å². The van der Waals surface area contributed by atoms with Crippen molar-refractivity contribution >= 4 is 5.97 Å². The van der Waals surface area contributed by atoms with Crippen LogP contribution in [0.25, 0.3) is 0 Å². The molecule has 0 aliphatic heterocycles. The second-order valence-electron chi connectivity index (χ2n) is 4.86. The van der Waals surface area contributed by atoms with Gasteiger partial charge in [0.2, 0.25) is 0 Å². The Bertz CT molecular complexity index is 648. The Morgan fingerprint density at radius 2 is 1.64 bits per heavy atom. The number of allylic oxidation sites excluding steroid dienone is 2. The van der Waals surface area contributed by atoms with E-state index >= 15 is 0 Å². The fraction of sp³-hybridized carbons (Fsp3) is 0.312. The van der Waals surface area contributed by atoms with Crippen LogP contribution in [0.4, 0.5) is 0 Å². The van der Waals surface area contributed by atoms with Crippen molar-refractivity contribution in [2.24, 2.45) is 0 Å². The van der Waals surface area contributed by atoms with Crippen LogP contribution in [0.1, 0.15) is 15.9 Å². The van der Waals surface area contributed by atoms with Gasteiger partial charge in [-0.05, 0) is 17.7 Å². The molecule has 0 bridgehead atoms. The Balaban J connectivity index is 2.97. The summed E-state index contributed by atoms with van der Waals surface area (Å²) in [5.74, 6) is -0.392. The SMILES string of the molecule is COC(=O)c1ccc(CN(C)/C(C#N)=C(/C#N)N(C)C)cc1. The van der Waals surface area contributed by atoms with Crippen LogP contribution in [0.2, 0.25) is 0 Å². The highest BCUT2D eigenvalue weighted by Gasteiger charge is 2.14. The van der Waals surface area contributed by atoms with Crippen LogP contribution in [0.5, 0.6) is 0 Å². The molecule has 1 aromatic rings. The average Bonchev–Trinajstić information content (AvgIpc) is 2.51. The summed E-state index contributed by atoms with van der Waals surface area (Å²) >= 11 is 0. The smallest absolute Gasteiger partial charge is 0.337 e.